The van der Waals surface area contributed by atoms with Gasteiger partial charge in [-0.2, -0.15) is 4.72 Å². The van der Waals surface area contributed by atoms with Crippen LogP contribution in [-0.4, -0.2) is 23.5 Å². The Morgan fingerprint density at radius 3 is 2.14 bits per heavy atom. The number of fused-ring (bicyclic) bond motifs is 1. The third-order valence-electron chi connectivity index (χ3n) is 5.91. The Kier molecular flexibility index (Phi) is 6.66. The second-order valence-corrected chi connectivity index (χ2v) is 10.4. The highest BCUT2D eigenvalue weighted by Gasteiger charge is 2.28. The van der Waals surface area contributed by atoms with Crippen molar-refractivity contribution in [3.05, 3.63) is 104 Å². The smallest absolute Gasteiger partial charge is 0.324 e. The zero-order valence-corrected chi connectivity index (χ0v) is 21.1. The fraction of sp³-hybridized carbons (Fsp3) is 0.192. The van der Waals surface area contributed by atoms with E-state index in [4.69, 9.17) is 0 Å². The maximum Gasteiger partial charge on any atom is 0.330 e. The summed E-state index contributed by atoms with van der Waals surface area (Å²) in [6, 6.07) is 16.7. The molecule has 0 spiro atoms. The number of aryl methyl sites for hydroxylation is 3. The molecule has 1 unspecified atom stereocenters. The highest BCUT2D eigenvalue weighted by atomic mass is 32.2. The third kappa shape index (κ3) is 4.86. The van der Waals surface area contributed by atoms with Crippen LogP contribution < -0.4 is 21.3 Å². The number of anilines is 1. The van der Waals surface area contributed by atoms with E-state index in [1.54, 1.807) is 42.5 Å². The van der Waals surface area contributed by atoms with E-state index in [0.29, 0.717) is 16.8 Å². The second-order valence-electron chi connectivity index (χ2n) is 8.72. The number of aromatic nitrogens is 2. The Balaban J connectivity index is 1.75. The summed E-state index contributed by atoms with van der Waals surface area (Å²) in [6.07, 6.45) is 0. The van der Waals surface area contributed by atoms with Crippen molar-refractivity contribution in [1.82, 2.24) is 13.9 Å². The largest absolute Gasteiger partial charge is 0.330 e. The topological polar surface area (TPSA) is 119 Å². The molecule has 4 rings (SSSR count). The van der Waals surface area contributed by atoms with Gasteiger partial charge in [-0.25, -0.2) is 13.2 Å². The van der Waals surface area contributed by atoms with E-state index in [9.17, 15) is 22.8 Å². The lowest BCUT2D eigenvalue weighted by atomic mass is 10.1. The number of nitrogens with zero attached hydrogens (tertiary/aromatic N) is 2. The zero-order valence-electron chi connectivity index (χ0n) is 20.3. The lowest BCUT2D eigenvalue weighted by molar-refractivity contribution is -0.117. The van der Waals surface area contributed by atoms with Crippen LogP contribution in [0.25, 0.3) is 10.9 Å². The van der Waals surface area contributed by atoms with Crippen molar-refractivity contribution in [2.45, 2.75) is 24.8 Å². The molecule has 4 aromatic rings. The predicted molar refractivity (Wildman–Crippen MR) is 138 cm³/mol. The lowest BCUT2D eigenvalue weighted by Gasteiger charge is -2.20. The SMILES string of the molecule is Cc1cc(C)cc(NC(=O)C(NS(=O)(=O)c2ccc3c(c2)c(=O)n(C)c(=O)n3C)c2ccccc2)c1. The summed E-state index contributed by atoms with van der Waals surface area (Å²) in [5, 5.41) is 2.87. The maximum atomic E-state index is 13.4. The second kappa shape index (κ2) is 9.56. The highest BCUT2D eigenvalue weighted by Crippen LogP contribution is 2.22. The first-order chi connectivity index (χ1) is 17.0. The summed E-state index contributed by atoms with van der Waals surface area (Å²) in [4.78, 5) is 38.0. The number of nitrogens with one attached hydrogen (secondary N) is 2. The number of sulfonamides is 1. The molecule has 1 heterocycles. The van der Waals surface area contributed by atoms with Gasteiger partial charge in [-0.05, 0) is 60.9 Å². The van der Waals surface area contributed by atoms with Crippen LogP contribution in [0.5, 0.6) is 0 Å². The molecule has 0 radical (unpaired) electrons. The normalized spacial score (nSPS) is 12.4. The number of hydrogen-bond acceptors (Lipinski definition) is 5. The van der Waals surface area contributed by atoms with Crippen LogP contribution in [0.2, 0.25) is 0 Å². The summed E-state index contributed by atoms with van der Waals surface area (Å²) in [6.45, 7) is 3.81. The van der Waals surface area contributed by atoms with E-state index in [2.05, 4.69) is 10.0 Å². The predicted octanol–water partition coefficient (Wildman–Crippen LogP) is 2.51. The first-order valence-electron chi connectivity index (χ1n) is 11.1. The van der Waals surface area contributed by atoms with Gasteiger partial charge >= 0.3 is 5.69 Å². The van der Waals surface area contributed by atoms with Crippen LogP contribution in [0.15, 0.2) is 81.2 Å². The fourth-order valence-electron chi connectivity index (χ4n) is 4.14. The quantitative estimate of drug-likeness (QED) is 0.417. The van der Waals surface area contributed by atoms with Crippen molar-refractivity contribution in [3.63, 3.8) is 0 Å². The average molecular weight is 507 g/mol. The van der Waals surface area contributed by atoms with Gasteiger partial charge < -0.3 is 5.32 Å². The Hall–Kier alpha value is -4.02. The van der Waals surface area contributed by atoms with E-state index >= 15 is 0 Å². The van der Waals surface area contributed by atoms with Gasteiger partial charge in [-0.15, -0.1) is 0 Å². The molecule has 0 aliphatic heterocycles. The summed E-state index contributed by atoms with van der Waals surface area (Å²) in [5.74, 6) is -0.561. The Labute approximate surface area is 208 Å². The number of carbonyl (C=O) groups is 1. The molecule has 0 saturated carbocycles. The van der Waals surface area contributed by atoms with E-state index in [-0.39, 0.29) is 10.3 Å². The van der Waals surface area contributed by atoms with E-state index < -0.39 is 33.2 Å². The molecule has 0 aliphatic rings. The van der Waals surface area contributed by atoms with Crippen LogP contribution in [0, 0.1) is 13.8 Å². The first-order valence-corrected chi connectivity index (χ1v) is 12.6. The molecular formula is C26H26N4O5S. The van der Waals surface area contributed by atoms with Crippen LogP contribution in [0.1, 0.15) is 22.7 Å². The van der Waals surface area contributed by atoms with Crippen molar-refractivity contribution in [1.29, 1.82) is 0 Å². The minimum Gasteiger partial charge on any atom is -0.324 e. The molecular weight excluding hydrogens is 480 g/mol. The van der Waals surface area contributed by atoms with Crippen LogP contribution >= 0.6 is 0 Å². The van der Waals surface area contributed by atoms with Crippen LogP contribution in [-0.2, 0) is 28.9 Å². The van der Waals surface area contributed by atoms with Crippen molar-refractivity contribution >= 4 is 32.5 Å². The standard InChI is InChI=1S/C26H26N4O5S/c1-16-12-17(2)14-19(13-16)27-24(31)23(18-8-6-5-7-9-18)28-36(34,35)20-10-11-22-21(15-20)25(32)30(4)26(33)29(22)3/h5-15,23,28H,1-4H3,(H,27,31). The van der Waals surface area contributed by atoms with Crippen LogP contribution in [0.3, 0.4) is 0 Å². The minimum absolute atomic E-state index is 0.0680. The number of carbonyl (C=O) groups excluding carboxylic acids is 1. The molecule has 2 N–H and O–H groups in total. The number of benzene rings is 3. The van der Waals surface area contributed by atoms with Gasteiger partial charge in [0.25, 0.3) is 5.56 Å². The van der Waals surface area contributed by atoms with Gasteiger partial charge in [0.05, 0.1) is 15.8 Å². The molecule has 1 amide bonds. The molecule has 9 nitrogen and oxygen atoms in total. The van der Waals surface area contributed by atoms with E-state index in [0.717, 1.165) is 15.7 Å². The Bertz CT molecular complexity index is 1690. The lowest BCUT2D eigenvalue weighted by Crippen LogP contribution is -2.38. The van der Waals surface area contributed by atoms with Crippen LogP contribution in [0.4, 0.5) is 5.69 Å². The molecule has 0 bridgehead atoms. The summed E-state index contributed by atoms with van der Waals surface area (Å²) < 4.78 is 31.5. The van der Waals surface area contributed by atoms with Gasteiger partial charge in [0.1, 0.15) is 6.04 Å². The third-order valence-corrected chi connectivity index (χ3v) is 7.33. The maximum absolute atomic E-state index is 13.4. The number of amides is 1. The number of rotatable bonds is 6. The molecule has 3 aromatic carbocycles. The summed E-state index contributed by atoms with van der Waals surface area (Å²) >= 11 is 0. The molecule has 1 atom stereocenters. The van der Waals surface area contributed by atoms with Crippen molar-refractivity contribution in [2.24, 2.45) is 14.1 Å². The fourth-order valence-corrected chi connectivity index (χ4v) is 5.35. The van der Waals surface area contributed by atoms with Gasteiger partial charge in [0.2, 0.25) is 15.9 Å². The number of hydrogen-bond donors (Lipinski definition) is 2. The summed E-state index contributed by atoms with van der Waals surface area (Å²) in [7, 11) is -1.43. The Morgan fingerprint density at radius 2 is 1.50 bits per heavy atom. The molecule has 1 aromatic heterocycles. The molecule has 186 valence electrons. The molecule has 0 fully saturated rings. The van der Waals surface area contributed by atoms with Crippen molar-refractivity contribution in [2.75, 3.05) is 5.32 Å². The average Bonchev–Trinajstić information content (AvgIpc) is 2.84. The van der Waals surface area contributed by atoms with E-state index in [1.807, 2.05) is 19.9 Å². The minimum atomic E-state index is -4.25. The van der Waals surface area contributed by atoms with Crippen molar-refractivity contribution in [3.8, 4) is 0 Å². The van der Waals surface area contributed by atoms with Gasteiger partial charge in [0.15, 0.2) is 0 Å². The monoisotopic (exact) mass is 506 g/mol. The Morgan fingerprint density at radius 1 is 0.861 bits per heavy atom. The molecule has 36 heavy (non-hydrogen) atoms. The molecule has 0 saturated heterocycles. The van der Waals surface area contributed by atoms with E-state index in [1.165, 1.54) is 36.9 Å². The molecule has 0 aliphatic carbocycles. The summed E-state index contributed by atoms with van der Waals surface area (Å²) in [5.41, 5.74) is 2.07. The first kappa shape index (κ1) is 25.1. The van der Waals surface area contributed by atoms with Crippen molar-refractivity contribution < 1.29 is 13.2 Å². The highest BCUT2D eigenvalue weighted by molar-refractivity contribution is 7.89. The van der Waals surface area contributed by atoms with Gasteiger partial charge in [0, 0.05) is 19.8 Å². The van der Waals surface area contributed by atoms with Gasteiger partial charge in [-0.3, -0.25) is 18.7 Å². The zero-order chi connectivity index (χ0) is 26.2. The molecule has 10 heteroatoms. The van der Waals surface area contributed by atoms with Gasteiger partial charge in [-0.1, -0.05) is 36.4 Å².